The maximum Gasteiger partial charge on any atom is 0.428 e. The number of quaternary nitrogens is 1. The van der Waals surface area contributed by atoms with Gasteiger partial charge in [-0.2, -0.15) is 39.9 Å². The van der Waals surface area contributed by atoms with Crippen molar-refractivity contribution in [2.75, 3.05) is 14.1 Å². The van der Waals surface area contributed by atoms with Crippen molar-refractivity contribution in [1.29, 1.82) is 0 Å². The van der Waals surface area contributed by atoms with Gasteiger partial charge in [-0.3, -0.25) is 4.55 Å². The van der Waals surface area contributed by atoms with Gasteiger partial charge in [0.1, 0.15) is 6.54 Å². The molecule has 0 saturated heterocycles. The monoisotopic (exact) mass is 364 g/mol. The van der Waals surface area contributed by atoms with Crippen LogP contribution in [0.25, 0.3) is 0 Å². The van der Waals surface area contributed by atoms with Gasteiger partial charge in [0.05, 0.1) is 14.1 Å². The molecule has 0 heterocycles. The molecule has 23 heavy (non-hydrogen) atoms. The first-order valence-electron chi connectivity index (χ1n) is 6.14. The van der Waals surface area contributed by atoms with Crippen molar-refractivity contribution >= 4 is 10.1 Å². The predicted molar refractivity (Wildman–Crippen MR) is 69.7 cm³/mol. The van der Waals surface area contributed by atoms with Gasteiger partial charge in [0.15, 0.2) is 0 Å². The summed E-state index contributed by atoms with van der Waals surface area (Å²) >= 11 is 0. The normalized spacial score (nSPS) is 15.5. The second-order valence-electron chi connectivity index (χ2n) is 5.28. The Morgan fingerprint density at radius 3 is 2.00 bits per heavy atom. The number of rotatable bonds is 6. The minimum Gasteiger partial charge on any atom is -0.281 e. The molecule has 0 radical (unpaired) electrons. The summed E-state index contributed by atoms with van der Waals surface area (Å²) in [7, 11) is -4.22. The third-order valence-electron chi connectivity index (χ3n) is 2.74. The largest absolute Gasteiger partial charge is 0.428 e. The lowest BCUT2D eigenvalue weighted by molar-refractivity contribution is -1.10. The summed E-state index contributed by atoms with van der Waals surface area (Å²) in [5.74, 6) is 0. The van der Waals surface area contributed by atoms with Crippen LogP contribution in [0, 0.1) is 0 Å². The Kier molecular flexibility index (Phi) is 5.41. The zero-order valence-electron chi connectivity index (χ0n) is 12.1. The summed E-state index contributed by atoms with van der Waals surface area (Å²) in [6.07, 6.45) is -9.74. The molecule has 1 rings (SSSR count). The molecule has 0 bridgehead atoms. The van der Waals surface area contributed by atoms with Crippen LogP contribution in [-0.2, 0) is 21.5 Å². The topological polar surface area (TPSA) is 63.6 Å². The summed E-state index contributed by atoms with van der Waals surface area (Å²) in [4.78, 5) is 4.32. The van der Waals surface area contributed by atoms with E-state index >= 15 is 0 Å². The number of hydroxylamine groups is 3. The zero-order chi connectivity index (χ0) is 18.1. The van der Waals surface area contributed by atoms with Crippen molar-refractivity contribution in [3.63, 3.8) is 0 Å². The molecule has 0 saturated carbocycles. The standard InChI is InChI=1S/C12H14F5NO4S/c1-18(2,8-9-6-4-3-5-7-9)22-10(11(13,14)15)12(16,17)23(19,20)21/h3-7,10H,8H2,1-2H3/p+1. The van der Waals surface area contributed by atoms with Crippen LogP contribution < -0.4 is 0 Å². The number of hydrogen-bond donors (Lipinski definition) is 1. The van der Waals surface area contributed by atoms with E-state index in [4.69, 9.17) is 4.55 Å². The van der Waals surface area contributed by atoms with E-state index in [1.165, 1.54) is 12.1 Å². The maximum atomic E-state index is 13.5. The van der Waals surface area contributed by atoms with E-state index in [2.05, 4.69) is 4.84 Å². The van der Waals surface area contributed by atoms with Crippen molar-refractivity contribution < 1.29 is 44.4 Å². The second-order valence-corrected chi connectivity index (χ2v) is 6.78. The lowest BCUT2D eigenvalue weighted by atomic mass is 10.2. The molecular formula is C12H15F5NO4S+. The molecule has 0 aromatic heterocycles. The van der Waals surface area contributed by atoms with E-state index in [9.17, 15) is 30.4 Å². The number of benzene rings is 1. The fourth-order valence-electron chi connectivity index (χ4n) is 1.79. The molecule has 1 N–H and O–H groups in total. The second kappa shape index (κ2) is 6.30. The van der Waals surface area contributed by atoms with Crippen molar-refractivity contribution in [2.45, 2.75) is 24.1 Å². The number of halogens is 5. The smallest absolute Gasteiger partial charge is 0.281 e. The Morgan fingerprint density at radius 2 is 1.61 bits per heavy atom. The first kappa shape index (κ1) is 19.7. The third-order valence-corrected chi connectivity index (χ3v) is 3.65. The summed E-state index contributed by atoms with van der Waals surface area (Å²) in [5, 5.41) is -5.54. The number of nitrogens with zero attached hydrogens (tertiary/aromatic N) is 1. The molecule has 0 aliphatic heterocycles. The Morgan fingerprint density at radius 1 is 1.13 bits per heavy atom. The Labute approximate surface area is 129 Å². The lowest BCUT2D eigenvalue weighted by Gasteiger charge is -2.34. The van der Waals surface area contributed by atoms with Crippen LogP contribution >= 0.6 is 0 Å². The zero-order valence-corrected chi connectivity index (χ0v) is 12.9. The van der Waals surface area contributed by atoms with Crippen molar-refractivity contribution in [3.8, 4) is 0 Å². The van der Waals surface area contributed by atoms with Crippen LogP contribution in [-0.4, -0.2) is 49.2 Å². The highest BCUT2D eigenvalue weighted by Crippen LogP contribution is 2.39. The minimum atomic E-state index is -6.32. The molecule has 0 aliphatic carbocycles. The van der Waals surface area contributed by atoms with E-state index in [-0.39, 0.29) is 6.54 Å². The van der Waals surface area contributed by atoms with Crippen molar-refractivity contribution in [2.24, 2.45) is 0 Å². The van der Waals surface area contributed by atoms with Gasteiger partial charge >= 0.3 is 21.5 Å². The molecule has 5 nitrogen and oxygen atoms in total. The van der Waals surface area contributed by atoms with Crippen LogP contribution in [0.1, 0.15) is 5.56 Å². The SMILES string of the molecule is C[N+](C)(Cc1ccccc1)OC(C(F)(F)F)C(F)(F)S(=O)(=O)O. The van der Waals surface area contributed by atoms with Crippen LogP contribution in [0.15, 0.2) is 30.3 Å². The van der Waals surface area contributed by atoms with Gasteiger partial charge in [-0.15, -0.1) is 0 Å². The van der Waals surface area contributed by atoms with Gasteiger partial charge in [-0.25, -0.2) is 0 Å². The van der Waals surface area contributed by atoms with Gasteiger partial charge in [-0.1, -0.05) is 30.3 Å². The summed E-state index contributed by atoms with van der Waals surface area (Å²) < 4.78 is 94.0. The summed E-state index contributed by atoms with van der Waals surface area (Å²) in [6, 6.07) is 7.89. The summed E-state index contributed by atoms with van der Waals surface area (Å²) in [5.41, 5.74) is 0.480. The molecule has 1 atom stereocenters. The van der Waals surface area contributed by atoms with Crippen LogP contribution in [0.3, 0.4) is 0 Å². The van der Waals surface area contributed by atoms with Crippen molar-refractivity contribution in [1.82, 2.24) is 0 Å². The number of alkyl halides is 5. The van der Waals surface area contributed by atoms with Crippen LogP contribution in [0.2, 0.25) is 0 Å². The minimum absolute atomic E-state index is 0.241. The molecular weight excluding hydrogens is 349 g/mol. The quantitative estimate of drug-likeness (QED) is 0.365. The third kappa shape index (κ3) is 5.09. The molecule has 1 unspecified atom stereocenters. The average Bonchev–Trinajstić information content (AvgIpc) is 2.34. The fraction of sp³-hybridized carbons (Fsp3) is 0.500. The highest BCUT2D eigenvalue weighted by Gasteiger charge is 2.67. The lowest BCUT2D eigenvalue weighted by Crippen LogP contribution is -2.57. The van der Waals surface area contributed by atoms with E-state index in [1.807, 2.05) is 0 Å². The molecule has 0 fully saturated rings. The van der Waals surface area contributed by atoms with E-state index in [0.29, 0.717) is 5.56 Å². The maximum absolute atomic E-state index is 13.5. The van der Waals surface area contributed by atoms with Crippen molar-refractivity contribution in [3.05, 3.63) is 35.9 Å². The molecule has 0 amide bonds. The fourth-order valence-corrected chi connectivity index (χ4v) is 2.24. The van der Waals surface area contributed by atoms with Gasteiger partial charge < -0.3 is 0 Å². The van der Waals surface area contributed by atoms with E-state index in [0.717, 1.165) is 14.1 Å². The van der Waals surface area contributed by atoms with Gasteiger partial charge in [0, 0.05) is 5.56 Å². The van der Waals surface area contributed by atoms with Gasteiger partial charge in [0.2, 0.25) is 0 Å². The predicted octanol–water partition coefficient (Wildman–Crippen LogP) is 2.61. The first-order chi connectivity index (χ1) is 10.2. The molecule has 1 aromatic rings. The highest BCUT2D eigenvalue weighted by molar-refractivity contribution is 7.86. The molecule has 0 aliphatic rings. The Hall–Kier alpha value is -1.30. The molecule has 0 spiro atoms. The first-order valence-corrected chi connectivity index (χ1v) is 7.58. The Bertz CT molecular complexity index is 631. The van der Waals surface area contributed by atoms with E-state index < -0.39 is 32.3 Å². The Balaban J connectivity index is 3.11. The average molecular weight is 364 g/mol. The van der Waals surface area contributed by atoms with Gasteiger partial charge in [0.25, 0.3) is 6.10 Å². The highest BCUT2D eigenvalue weighted by atomic mass is 32.2. The molecule has 1 aromatic carbocycles. The molecule has 11 heteroatoms. The number of hydrogen-bond acceptors (Lipinski definition) is 3. The van der Waals surface area contributed by atoms with E-state index in [1.54, 1.807) is 18.2 Å². The molecule has 132 valence electrons. The summed E-state index contributed by atoms with van der Waals surface area (Å²) in [6.45, 7) is -0.241. The van der Waals surface area contributed by atoms with Crippen LogP contribution in [0.5, 0.6) is 0 Å². The van der Waals surface area contributed by atoms with Gasteiger partial charge in [-0.05, 0) is 0 Å². The van der Waals surface area contributed by atoms with Crippen LogP contribution in [0.4, 0.5) is 22.0 Å².